The van der Waals surface area contributed by atoms with Gasteiger partial charge in [-0.15, -0.1) is 0 Å². The van der Waals surface area contributed by atoms with Gasteiger partial charge in [0.25, 0.3) is 5.91 Å². The van der Waals surface area contributed by atoms with Crippen LogP contribution in [-0.2, 0) is 9.59 Å². The van der Waals surface area contributed by atoms with Crippen LogP contribution in [0.25, 0.3) is 0 Å². The van der Waals surface area contributed by atoms with E-state index >= 15 is 0 Å². The van der Waals surface area contributed by atoms with Gasteiger partial charge >= 0.3 is 5.97 Å². The van der Waals surface area contributed by atoms with Crippen molar-refractivity contribution in [1.82, 2.24) is 4.90 Å². The number of amides is 1. The van der Waals surface area contributed by atoms with Gasteiger partial charge in [0.2, 0.25) is 0 Å². The lowest BCUT2D eigenvalue weighted by Gasteiger charge is -2.21. The third-order valence-electron chi connectivity index (χ3n) is 3.24. The Balaban J connectivity index is 2.02. The molecule has 0 spiro atoms. The molecule has 7 heteroatoms. The Labute approximate surface area is 121 Å². The zero-order chi connectivity index (χ0) is 15.4. The molecular weight excluding hydrogens is 276 g/mol. The summed E-state index contributed by atoms with van der Waals surface area (Å²) in [5.74, 6) is -1.43. The third-order valence-corrected chi connectivity index (χ3v) is 3.24. The number of carbonyl (C=O) groups excluding carboxylic acids is 1. The number of carbonyl (C=O) groups is 2. The standard InChI is InChI=1S/C14H14N2O5/c15-6-9-3-1-2-4-12(9)21-8-13(18)16-7-10(17)5-11(16)14(19)20/h1-4,10-11,17H,5,7-8H2,(H,19,20)/t10-,11-/m1/s1. The molecule has 7 nitrogen and oxygen atoms in total. The Morgan fingerprint density at radius 1 is 1.43 bits per heavy atom. The smallest absolute Gasteiger partial charge is 0.326 e. The van der Waals surface area contributed by atoms with E-state index < -0.39 is 24.0 Å². The number of para-hydroxylation sites is 1. The summed E-state index contributed by atoms with van der Waals surface area (Å²) in [4.78, 5) is 24.2. The van der Waals surface area contributed by atoms with Gasteiger partial charge < -0.3 is 19.8 Å². The third kappa shape index (κ3) is 3.30. The molecule has 0 unspecified atom stereocenters. The van der Waals surface area contributed by atoms with Crippen LogP contribution < -0.4 is 4.74 Å². The fourth-order valence-corrected chi connectivity index (χ4v) is 2.23. The average molecular weight is 290 g/mol. The van der Waals surface area contributed by atoms with Crippen molar-refractivity contribution >= 4 is 11.9 Å². The molecule has 1 saturated heterocycles. The Hall–Kier alpha value is -2.59. The minimum atomic E-state index is -1.16. The maximum Gasteiger partial charge on any atom is 0.326 e. The van der Waals surface area contributed by atoms with Crippen molar-refractivity contribution in [3.05, 3.63) is 29.8 Å². The van der Waals surface area contributed by atoms with Crippen molar-refractivity contribution in [3.63, 3.8) is 0 Å². The summed E-state index contributed by atoms with van der Waals surface area (Å²) in [6.07, 6.45) is -0.836. The monoisotopic (exact) mass is 290 g/mol. The normalized spacial score (nSPS) is 20.9. The summed E-state index contributed by atoms with van der Waals surface area (Å²) in [6.45, 7) is -0.408. The number of benzene rings is 1. The van der Waals surface area contributed by atoms with E-state index in [1.165, 1.54) is 0 Å². The molecule has 1 heterocycles. The Morgan fingerprint density at radius 3 is 2.81 bits per heavy atom. The second-order valence-electron chi connectivity index (χ2n) is 4.69. The number of aliphatic carboxylic acids is 1. The number of carboxylic acids is 1. The van der Waals surface area contributed by atoms with Crippen molar-refractivity contribution in [2.75, 3.05) is 13.2 Å². The number of rotatable bonds is 4. The SMILES string of the molecule is N#Cc1ccccc1OCC(=O)N1C[C@H](O)C[C@@H]1C(=O)O. The highest BCUT2D eigenvalue weighted by Crippen LogP contribution is 2.20. The molecule has 1 amide bonds. The molecule has 1 aromatic rings. The number of nitrogens with zero attached hydrogens (tertiary/aromatic N) is 2. The van der Waals surface area contributed by atoms with E-state index in [-0.39, 0.29) is 25.3 Å². The van der Waals surface area contributed by atoms with Gasteiger partial charge in [-0.3, -0.25) is 4.79 Å². The number of aliphatic hydroxyl groups excluding tert-OH is 1. The number of aliphatic hydroxyl groups is 1. The lowest BCUT2D eigenvalue weighted by molar-refractivity contribution is -0.148. The maximum absolute atomic E-state index is 12.0. The van der Waals surface area contributed by atoms with Crippen LogP contribution in [0, 0.1) is 11.3 Å². The van der Waals surface area contributed by atoms with E-state index in [2.05, 4.69) is 0 Å². The highest BCUT2D eigenvalue weighted by Gasteiger charge is 2.38. The summed E-state index contributed by atoms with van der Waals surface area (Å²) in [6, 6.07) is 7.35. The fourth-order valence-electron chi connectivity index (χ4n) is 2.23. The van der Waals surface area contributed by atoms with Crippen molar-refractivity contribution in [1.29, 1.82) is 5.26 Å². The topological polar surface area (TPSA) is 111 Å². The van der Waals surface area contributed by atoms with E-state index in [0.717, 1.165) is 4.90 Å². The first-order valence-corrected chi connectivity index (χ1v) is 6.35. The Bertz CT molecular complexity index is 595. The lowest BCUT2D eigenvalue weighted by Crippen LogP contribution is -2.43. The summed E-state index contributed by atoms with van der Waals surface area (Å²) < 4.78 is 5.28. The van der Waals surface area contributed by atoms with Gasteiger partial charge in [0.05, 0.1) is 11.7 Å². The molecule has 0 aromatic heterocycles. The van der Waals surface area contributed by atoms with Gasteiger partial charge in [0, 0.05) is 13.0 Å². The zero-order valence-corrected chi connectivity index (χ0v) is 11.1. The number of hydrogen-bond acceptors (Lipinski definition) is 5. The number of ether oxygens (including phenoxy) is 1. The fraction of sp³-hybridized carbons (Fsp3) is 0.357. The maximum atomic E-state index is 12.0. The number of nitriles is 1. The molecule has 2 N–H and O–H groups in total. The molecule has 0 saturated carbocycles. The number of hydrogen-bond donors (Lipinski definition) is 2. The van der Waals surface area contributed by atoms with Gasteiger partial charge in [-0.25, -0.2) is 4.79 Å². The van der Waals surface area contributed by atoms with Crippen LogP contribution in [0.4, 0.5) is 0 Å². The van der Waals surface area contributed by atoms with Crippen LogP contribution in [-0.4, -0.2) is 52.3 Å². The Morgan fingerprint density at radius 2 is 2.14 bits per heavy atom. The highest BCUT2D eigenvalue weighted by atomic mass is 16.5. The molecule has 1 aliphatic heterocycles. The van der Waals surface area contributed by atoms with Gasteiger partial charge in [0.1, 0.15) is 17.9 Å². The lowest BCUT2D eigenvalue weighted by atomic mass is 10.2. The van der Waals surface area contributed by atoms with E-state index in [1.54, 1.807) is 24.3 Å². The van der Waals surface area contributed by atoms with Crippen molar-refractivity contribution in [2.45, 2.75) is 18.6 Å². The minimum absolute atomic E-state index is 0.00978. The van der Waals surface area contributed by atoms with E-state index in [9.17, 15) is 14.7 Å². The van der Waals surface area contributed by atoms with Gasteiger partial charge in [-0.05, 0) is 12.1 Å². The first kappa shape index (κ1) is 14.8. The molecule has 0 radical (unpaired) electrons. The molecule has 2 rings (SSSR count). The van der Waals surface area contributed by atoms with Crippen LogP contribution >= 0.6 is 0 Å². The Kier molecular flexibility index (Phi) is 4.40. The van der Waals surface area contributed by atoms with Gasteiger partial charge in [-0.2, -0.15) is 5.26 Å². The van der Waals surface area contributed by atoms with Crippen LogP contribution in [0.2, 0.25) is 0 Å². The van der Waals surface area contributed by atoms with Crippen LogP contribution in [0.15, 0.2) is 24.3 Å². The number of carboxylic acid groups (broad SMARTS) is 1. The minimum Gasteiger partial charge on any atom is -0.482 e. The first-order chi connectivity index (χ1) is 10.0. The summed E-state index contributed by atoms with van der Waals surface area (Å²) in [5, 5.41) is 27.4. The summed E-state index contributed by atoms with van der Waals surface area (Å²) in [5.41, 5.74) is 0.293. The van der Waals surface area contributed by atoms with E-state index in [4.69, 9.17) is 15.1 Å². The van der Waals surface area contributed by atoms with E-state index in [1.807, 2.05) is 6.07 Å². The van der Waals surface area contributed by atoms with Gasteiger partial charge in [-0.1, -0.05) is 12.1 Å². The largest absolute Gasteiger partial charge is 0.482 e. The molecule has 0 bridgehead atoms. The molecular formula is C14H14N2O5. The quantitative estimate of drug-likeness (QED) is 0.806. The molecule has 1 aliphatic rings. The number of likely N-dealkylation sites (tertiary alicyclic amines) is 1. The van der Waals surface area contributed by atoms with Crippen molar-refractivity contribution in [2.24, 2.45) is 0 Å². The summed E-state index contributed by atoms with van der Waals surface area (Å²) in [7, 11) is 0. The first-order valence-electron chi connectivity index (χ1n) is 6.35. The van der Waals surface area contributed by atoms with E-state index in [0.29, 0.717) is 5.56 Å². The van der Waals surface area contributed by atoms with Gasteiger partial charge in [0.15, 0.2) is 6.61 Å². The summed E-state index contributed by atoms with van der Waals surface area (Å²) >= 11 is 0. The highest BCUT2D eigenvalue weighted by molar-refractivity contribution is 5.85. The molecule has 110 valence electrons. The molecule has 1 fully saturated rings. The van der Waals surface area contributed by atoms with Crippen molar-refractivity contribution in [3.8, 4) is 11.8 Å². The number of β-amino-alcohol motifs (C(OH)–C–C–N with tert-alkyl or cyclic N) is 1. The molecule has 1 aromatic carbocycles. The second-order valence-corrected chi connectivity index (χ2v) is 4.69. The second kappa shape index (κ2) is 6.24. The average Bonchev–Trinajstić information content (AvgIpc) is 2.87. The van der Waals surface area contributed by atoms with Crippen LogP contribution in [0.3, 0.4) is 0 Å². The van der Waals surface area contributed by atoms with Crippen LogP contribution in [0.1, 0.15) is 12.0 Å². The molecule has 2 atom stereocenters. The van der Waals surface area contributed by atoms with Crippen LogP contribution in [0.5, 0.6) is 5.75 Å². The molecule has 21 heavy (non-hydrogen) atoms. The van der Waals surface area contributed by atoms with Crippen molar-refractivity contribution < 1.29 is 24.5 Å². The zero-order valence-electron chi connectivity index (χ0n) is 11.1. The molecule has 0 aliphatic carbocycles. The predicted molar refractivity (Wildman–Crippen MR) is 70.4 cm³/mol. The predicted octanol–water partition coefficient (Wildman–Crippen LogP) is -0.0165.